The number of rotatable bonds is 8. The Labute approximate surface area is 139 Å². The molecular weight excluding hydrogens is 284 g/mol. The van der Waals surface area contributed by atoms with E-state index in [0.29, 0.717) is 13.2 Å². The molecule has 120 valence electrons. The largest absolute Gasteiger partial charge is 0.493 e. The maximum atomic E-state index is 5.86. The van der Waals surface area contributed by atoms with Gasteiger partial charge in [-0.15, -0.1) is 0 Å². The molecule has 0 N–H and O–H groups in total. The van der Waals surface area contributed by atoms with Crippen molar-refractivity contribution in [3.63, 3.8) is 0 Å². The van der Waals surface area contributed by atoms with Crippen molar-refractivity contribution in [2.24, 2.45) is 0 Å². The topological polar surface area (TPSA) is 18.5 Å². The van der Waals surface area contributed by atoms with Gasteiger partial charge in [-0.1, -0.05) is 60.7 Å². The number of hydrogen-bond acceptors (Lipinski definition) is 2. The molecule has 0 aliphatic heterocycles. The molecule has 0 bridgehead atoms. The van der Waals surface area contributed by atoms with Crippen LogP contribution in [0.4, 0.5) is 0 Å². The fourth-order valence-electron chi connectivity index (χ4n) is 2.28. The fraction of sp³-hybridized carbons (Fsp3) is 0.238. The molecule has 0 aliphatic carbocycles. The SMILES string of the molecule is CC=Cc1ccccc1OCCCOc1ccccc1C=CC. The molecule has 2 aromatic rings. The molecule has 23 heavy (non-hydrogen) atoms. The van der Waals surface area contributed by atoms with Gasteiger partial charge in [0.1, 0.15) is 11.5 Å². The van der Waals surface area contributed by atoms with Crippen LogP contribution in [0.2, 0.25) is 0 Å². The van der Waals surface area contributed by atoms with E-state index in [-0.39, 0.29) is 0 Å². The van der Waals surface area contributed by atoms with Crippen molar-refractivity contribution in [1.82, 2.24) is 0 Å². The van der Waals surface area contributed by atoms with E-state index in [1.165, 1.54) is 0 Å². The van der Waals surface area contributed by atoms with Gasteiger partial charge in [0.15, 0.2) is 0 Å². The Morgan fingerprint density at radius 2 is 1.13 bits per heavy atom. The first-order valence-electron chi connectivity index (χ1n) is 8.04. The van der Waals surface area contributed by atoms with E-state index < -0.39 is 0 Å². The van der Waals surface area contributed by atoms with Gasteiger partial charge in [0.2, 0.25) is 0 Å². The highest BCUT2D eigenvalue weighted by Gasteiger charge is 2.01. The number of para-hydroxylation sites is 2. The highest BCUT2D eigenvalue weighted by Crippen LogP contribution is 2.21. The molecule has 0 saturated carbocycles. The zero-order valence-corrected chi connectivity index (χ0v) is 13.9. The fourth-order valence-corrected chi connectivity index (χ4v) is 2.28. The minimum Gasteiger partial charge on any atom is -0.493 e. The van der Waals surface area contributed by atoms with Crippen LogP contribution in [0.1, 0.15) is 31.4 Å². The van der Waals surface area contributed by atoms with Crippen LogP contribution in [0.3, 0.4) is 0 Å². The Bertz CT molecular complexity index is 599. The molecule has 0 radical (unpaired) electrons. The minimum absolute atomic E-state index is 0.639. The van der Waals surface area contributed by atoms with Crippen molar-refractivity contribution in [3.05, 3.63) is 71.8 Å². The first-order chi connectivity index (χ1) is 11.3. The second-order valence-electron chi connectivity index (χ2n) is 5.13. The van der Waals surface area contributed by atoms with Gasteiger partial charge in [-0.2, -0.15) is 0 Å². The second kappa shape index (κ2) is 9.52. The Hall–Kier alpha value is -2.48. The summed E-state index contributed by atoms with van der Waals surface area (Å²) in [6.07, 6.45) is 8.99. The highest BCUT2D eigenvalue weighted by molar-refractivity contribution is 5.57. The highest BCUT2D eigenvalue weighted by atomic mass is 16.5. The molecule has 0 amide bonds. The Kier molecular flexibility index (Phi) is 6.99. The number of ether oxygens (including phenoxy) is 2. The molecular formula is C21H24O2. The van der Waals surface area contributed by atoms with E-state index >= 15 is 0 Å². The molecule has 2 aromatic carbocycles. The third-order valence-electron chi connectivity index (χ3n) is 3.33. The number of benzene rings is 2. The normalized spacial score (nSPS) is 11.2. The molecule has 0 atom stereocenters. The lowest BCUT2D eigenvalue weighted by Crippen LogP contribution is -2.06. The average molecular weight is 308 g/mol. The standard InChI is InChI=1S/C21H24O2/c1-3-10-18-12-5-7-14-20(18)22-16-9-17-23-21-15-8-6-13-19(21)11-4-2/h3-8,10-15H,9,16-17H2,1-2H3. The van der Waals surface area contributed by atoms with Crippen LogP contribution in [-0.2, 0) is 0 Å². The third-order valence-corrected chi connectivity index (χ3v) is 3.33. The quantitative estimate of drug-likeness (QED) is 0.591. The van der Waals surface area contributed by atoms with Gasteiger partial charge in [-0.05, 0) is 26.0 Å². The van der Waals surface area contributed by atoms with Crippen LogP contribution in [0.15, 0.2) is 60.7 Å². The van der Waals surface area contributed by atoms with Gasteiger partial charge in [0, 0.05) is 17.5 Å². The summed E-state index contributed by atoms with van der Waals surface area (Å²) in [6, 6.07) is 16.1. The molecule has 0 saturated heterocycles. The van der Waals surface area contributed by atoms with E-state index in [1.807, 2.05) is 62.4 Å². The predicted molar refractivity (Wildman–Crippen MR) is 97.9 cm³/mol. The van der Waals surface area contributed by atoms with Gasteiger partial charge in [0.05, 0.1) is 13.2 Å². The average Bonchev–Trinajstić information content (AvgIpc) is 2.58. The summed E-state index contributed by atoms with van der Waals surface area (Å²) in [5, 5.41) is 0. The van der Waals surface area contributed by atoms with E-state index in [1.54, 1.807) is 0 Å². The van der Waals surface area contributed by atoms with Crippen LogP contribution in [0, 0.1) is 0 Å². The summed E-state index contributed by atoms with van der Waals surface area (Å²) in [6.45, 7) is 5.29. The predicted octanol–water partition coefficient (Wildman–Crippen LogP) is 5.60. The van der Waals surface area contributed by atoms with Crippen LogP contribution >= 0.6 is 0 Å². The Balaban J connectivity index is 1.81. The molecule has 0 spiro atoms. The van der Waals surface area contributed by atoms with Crippen molar-refractivity contribution < 1.29 is 9.47 Å². The van der Waals surface area contributed by atoms with Crippen molar-refractivity contribution in [2.45, 2.75) is 20.3 Å². The lowest BCUT2D eigenvalue weighted by Gasteiger charge is -2.11. The number of allylic oxidation sites excluding steroid dienone is 2. The van der Waals surface area contributed by atoms with Crippen LogP contribution in [-0.4, -0.2) is 13.2 Å². The number of hydrogen-bond donors (Lipinski definition) is 0. The maximum absolute atomic E-state index is 5.86. The molecule has 2 rings (SSSR count). The first-order valence-corrected chi connectivity index (χ1v) is 8.04. The summed E-state index contributed by atoms with van der Waals surface area (Å²) >= 11 is 0. The summed E-state index contributed by atoms with van der Waals surface area (Å²) in [5.41, 5.74) is 2.21. The smallest absolute Gasteiger partial charge is 0.126 e. The van der Waals surface area contributed by atoms with Crippen LogP contribution in [0.5, 0.6) is 11.5 Å². The van der Waals surface area contributed by atoms with Gasteiger partial charge >= 0.3 is 0 Å². The lowest BCUT2D eigenvalue weighted by atomic mass is 10.2. The van der Waals surface area contributed by atoms with Gasteiger partial charge in [0.25, 0.3) is 0 Å². The van der Waals surface area contributed by atoms with Crippen LogP contribution in [0.25, 0.3) is 12.2 Å². The molecule has 2 heteroatoms. The van der Waals surface area contributed by atoms with E-state index in [4.69, 9.17) is 9.47 Å². The van der Waals surface area contributed by atoms with E-state index in [9.17, 15) is 0 Å². The van der Waals surface area contributed by atoms with E-state index in [0.717, 1.165) is 29.0 Å². The van der Waals surface area contributed by atoms with Crippen molar-refractivity contribution in [2.75, 3.05) is 13.2 Å². The lowest BCUT2D eigenvalue weighted by molar-refractivity contribution is 0.247. The zero-order chi connectivity index (χ0) is 16.3. The minimum atomic E-state index is 0.639. The summed E-state index contributed by atoms with van der Waals surface area (Å²) in [5.74, 6) is 1.83. The zero-order valence-electron chi connectivity index (χ0n) is 13.9. The maximum Gasteiger partial charge on any atom is 0.126 e. The second-order valence-corrected chi connectivity index (χ2v) is 5.13. The first kappa shape index (κ1) is 16.9. The Morgan fingerprint density at radius 3 is 1.57 bits per heavy atom. The molecule has 2 nitrogen and oxygen atoms in total. The molecule has 0 aliphatic rings. The van der Waals surface area contributed by atoms with Gasteiger partial charge < -0.3 is 9.47 Å². The van der Waals surface area contributed by atoms with Gasteiger partial charge in [-0.3, -0.25) is 0 Å². The summed E-state index contributed by atoms with van der Waals surface area (Å²) in [4.78, 5) is 0. The van der Waals surface area contributed by atoms with Crippen molar-refractivity contribution >= 4 is 12.2 Å². The molecule has 0 fully saturated rings. The molecule has 0 unspecified atom stereocenters. The monoisotopic (exact) mass is 308 g/mol. The van der Waals surface area contributed by atoms with Crippen molar-refractivity contribution in [1.29, 1.82) is 0 Å². The third kappa shape index (κ3) is 5.33. The van der Waals surface area contributed by atoms with Crippen LogP contribution < -0.4 is 9.47 Å². The van der Waals surface area contributed by atoms with E-state index in [2.05, 4.69) is 24.3 Å². The summed E-state index contributed by atoms with van der Waals surface area (Å²) < 4.78 is 11.7. The van der Waals surface area contributed by atoms with Gasteiger partial charge in [-0.25, -0.2) is 0 Å². The van der Waals surface area contributed by atoms with Crippen molar-refractivity contribution in [3.8, 4) is 11.5 Å². The Morgan fingerprint density at radius 1 is 0.696 bits per heavy atom. The molecule has 0 aromatic heterocycles. The summed E-state index contributed by atoms with van der Waals surface area (Å²) in [7, 11) is 0. The molecule has 0 heterocycles.